The van der Waals surface area contributed by atoms with E-state index in [4.69, 9.17) is 0 Å². The molecule has 0 aliphatic rings. The molecule has 3 aromatic rings. The predicted molar refractivity (Wildman–Crippen MR) is 101 cm³/mol. The van der Waals surface area contributed by atoms with Crippen molar-refractivity contribution in [1.82, 2.24) is 10.2 Å². The summed E-state index contributed by atoms with van der Waals surface area (Å²) in [6.45, 7) is 1.81. The lowest BCUT2D eigenvalue weighted by Gasteiger charge is -2.02. The Labute approximate surface area is 161 Å². The summed E-state index contributed by atoms with van der Waals surface area (Å²) in [7, 11) is 0. The first-order chi connectivity index (χ1) is 12.9. The number of hydrogen-bond acceptors (Lipinski definition) is 8. The number of anilines is 1. The van der Waals surface area contributed by atoms with Gasteiger partial charge in [0.25, 0.3) is 5.69 Å². The lowest BCUT2D eigenvalue weighted by atomic mass is 10.1. The van der Waals surface area contributed by atoms with Crippen LogP contribution in [0.15, 0.2) is 51.7 Å². The number of carbonyl (C=O) groups is 1. The van der Waals surface area contributed by atoms with Gasteiger partial charge in [-0.2, -0.15) is 0 Å². The van der Waals surface area contributed by atoms with E-state index in [1.54, 1.807) is 18.2 Å². The molecule has 138 valence electrons. The fourth-order valence-corrected chi connectivity index (χ4v) is 3.95. The fourth-order valence-electron chi connectivity index (χ4n) is 2.16. The molecule has 0 bridgehead atoms. The monoisotopic (exact) mass is 404 g/mol. The van der Waals surface area contributed by atoms with Crippen molar-refractivity contribution in [1.29, 1.82) is 0 Å². The van der Waals surface area contributed by atoms with Crippen LogP contribution in [0.25, 0.3) is 0 Å². The Bertz CT molecular complexity index is 992. The molecule has 1 N–H and O–H groups in total. The average molecular weight is 404 g/mol. The Balaban J connectivity index is 1.71. The Morgan fingerprint density at radius 2 is 2.00 bits per heavy atom. The van der Waals surface area contributed by atoms with E-state index in [9.17, 15) is 19.3 Å². The molecule has 27 heavy (non-hydrogen) atoms. The molecule has 0 unspecified atom stereocenters. The summed E-state index contributed by atoms with van der Waals surface area (Å²) in [5.74, 6) is -0.538. The third-order valence-corrected chi connectivity index (χ3v) is 5.52. The van der Waals surface area contributed by atoms with Crippen molar-refractivity contribution < 1.29 is 14.1 Å². The van der Waals surface area contributed by atoms with E-state index in [-0.39, 0.29) is 22.9 Å². The van der Waals surface area contributed by atoms with E-state index in [1.165, 1.54) is 42.5 Å². The van der Waals surface area contributed by atoms with E-state index in [1.807, 2.05) is 0 Å². The number of Topliss-reactive ketones (excluding diaryl/α,β-unsaturated/α-hetero) is 1. The molecule has 7 nitrogen and oxygen atoms in total. The topological polar surface area (TPSA) is 98.0 Å². The van der Waals surface area contributed by atoms with Gasteiger partial charge in [-0.1, -0.05) is 23.5 Å². The number of carbonyl (C=O) groups excluding carboxylic acids is 1. The first-order valence-corrected chi connectivity index (χ1v) is 9.35. The Kier molecular flexibility index (Phi) is 5.77. The molecule has 0 radical (unpaired) electrons. The number of halogens is 1. The quantitative estimate of drug-likeness (QED) is 0.350. The highest BCUT2D eigenvalue weighted by Crippen LogP contribution is 2.37. The SMILES string of the molecule is CC(=O)c1ccc(Sc2nnc(NCc3ccc(F)cc3)s2)c([N+](=O)[O-])c1. The number of ketones is 1. The van der Waals surface area contributed by atoms with Crippen LogP contribution in [-0.4, -0.2) is 20.9 Å². The van der Waals surface area contributed by atoms with Crippen LogP contribution in [0.4, 0.5) is 15.2 Å². The number of hydrogen-bond donors (Lipinski definition) is 1. The zero-order chi connectivity index (χ0) is 19.4. The number of rotatable bonds is 7. The zero-order valence-corrected chi connectivity index (χ0v) is 15.6. The van der Waals surface area contributed by atoms with Gasteiger partial charge in [0.2, 0.25) is 5.13 Å². The highest BCUT2D eigenvalue weighted by molar-refractivity contribution is 8.01. The number of nitrogens with zero attached hydrogens (tertiary/aromatic N) is 3. The van der Waals surface area contributed by atoms with Gasteiger partial charge in [0, 0.05) is 18.2 Å². The molecule has 0 atom stereocenters. The van der Waals surface area contributed by atoms with Crippen LogP contribution in [0.1, 0.15) is 22.8 Å². The molecule has 3 rings (SSSR count). The molecule has 0 fully saturated rings. The third-order valence-electron chi connectivity index (χ3n) is 3.52. The van der Waals surface area contributed by atoms with E-state index >= 15 is 0 Å². The minimum absolute atomic E-state index is 0.149. The largest absolute Gasteiger partial charge is 0.356 e. The summed E-state index contributed by atoms with van der Waals surface area (Å²) in [5.41, 5.74) is 1.02. The predicted octanol–water partition coefficient (Wildman–Crippen LogP) is 4.55. The minimum atomic E-state index is -0.524. The van der Waals surface area contributed by atoms with Crippen LogP contribution in [0.2, 0.25) is 0 Å². The second-order valence-electron chi connectivity index (χ2n) is 5.45. The van der Waals surface area contributed by atoms with E-state index in [2.05, 4.69) is 15.5 Å². The normalized spacial score (nSPS) is 10.6. The molecule has 10 heteroatoms. The van der Waals surface area contributed by atoms with Crippen molar-refractivity contribution in [2.24, 2.45) is 0 Å². The van der Waals surface area contributed by atoms with Crippen molar-refractivity contribution in [3.05, 3.63) is 69.5 Å². The molecule has 1 aromatic heterocycles. The second-order valence-corrected chi connectivity index (χ2v) is 7.72. The summed E-state index contributed by atoms with van der Waals surface area (Å²) < 4.78 is 13.4. The third kappa shape index (κ3) is 4.86. The molecule has 0 saturated heterocycles. The number of aromatic nitrogens is 2. The number of benzene rings is 2. The Morgan fingerprint density at radius 1 is 1.26 bits per heavy atom. The lowest BCUT2D eigenvalue weighted by Crippen LogP contribution is -1.98. The number of nitro benzene ring substituents is 1. The number of nitro groups is 1. The summed E-state index contributed by atoms with van der Waals surface area (Å²) in [6.07, 6.45) is 0. The van der Waals surface area contributed by atoms with Gasteiger partial charge in [0.15, 0.2) is 10.1 Å². The Hall–Kier alpha value is -2.85. The summed E-state index contributed by atoms with van der Waals surface area (Å²) in [4.78, 5) is 22.6. The van der Waals surface area contributed by atoms with Crippen molar-refractivity contribution >= 4 is 39.7 Å². The van der Waals surface area contributed by atoms with Crippen LogP contribution in [-0.2, 0) is 6.54 Å². The van der Waals surface area contributed by atoms with Crippen LogP contribution >= 0.6 is 23.1 Å². The molecule has 2 aromatic carbocycles. The van der Waals surface area contributed by atoms with Gasteiger partial charge < -0.3 is 5.32 Å². The summed E-state index contributed by atoms with van der Waals surface area (Å²) in [5, 5.41) is 22.9. The van der Waals surface area contributed by atoms with Gasteiger partial charge in [-0.25, -0.2) is 4.39 Å². The molecule has 1 heterocycles. The molecule has 0 saturated carbocycles. The maximum absolute atomic E-state index is 12.9. The van der Waals surface area contributed by atoms with Crippen molar-refractivity contribution in [2.75, 3.05) is 5.32 Å². The van der Waals surface area contributed by atoms with E-state index in [0.29, 0.717) is 20.9 Å². The van der Waals surface area contributed by atoms with Gasteiger partial charge in [0.1, 0.15) is 5.82 Å². The highest BCUT2D eigenvalue weighted by atomic mass is 32.2. The van der Waals surface area contributed by atoms with Gasteiger partial charge >= 0.3 is 0 Å². The summed E-state index contributed by atoms with van der Waals surface area (Å²) in [6, 6.07) is 10.4. The summed E-state index contributed by atoms with van der Waals surface area (Å²) >= 11 is 2.36. The highest BCUT2D eigenvalue weighted by Gasteiger charge is 2.19. The smallest absolute Gasteiger partial charge is 0.284 e. The van der Waals surface area contributed by atoms with E-state index < -0.39 is 4.92 Å². The first-order valence-electron chi connectivity index (χ1n) is 7.71. The van der Waals surface area contributed by atoms with Gasteiger partial charge in [-0.05, 0) is 48.5 Å². The van der Waals surface area contributed by atoms with Gasteiger partial charge in [-0.3, -0.25) is 14.9 Å². The van der Waals surface area contributed by atoms with Crippen molar-refractivity contribution in [3.63, 3.8) is 0 Å². The standard InChI is InChI=1S/C17H13FN4O3S2/c1-10(23)12-4-7-15(14(8-12)22(24)25)26-17-21-20-16(27-17)19-9-11-2-5-13(18)6-3-11/h2-8H,9H2,1H3,(H,19,20). The molecular formula is C17H13FN4O3S2. The van der Waals surface area contributed by atoms with Crippen LogP contribution < -0.4 is 5.32 Å². The van der Waals surface area contributed by atoms with Gasteiger partial charge in [-0.15, -0.1) is 10.2 Å². The zero-order valence-electron chi connectivity index (χ0n) is 14.0. The van der Waals surface area contributed by atoms with Crippen LogP contribution in [0.5, 0.6) is 0 Å². The lowest BCUT2D eigenvalue weighted by molar-refractivity contribution is -0.387. The van der Waals surface area contributed by atoms with E-state index in [0.717, 1.165) is 17.3 Å². The van der Waals surface area contributed by atoms with Crippen molar-refractivity contribution in [3.8, 4) is 0 Å². The molecule has 0 aliphatic heterocycles. The van der Waals surface area contributed by atoms with Crippen molar-refractivity contribution in [2.45, 2.75) is 22.7 Å². The molecule has 0 amide bonds. The maximum Gasteiger partial charge on any atom is 0.284 e. The average Bonchev–Trinajstić information content (AvgIpc) is 3.08. The molecular weight excluding hydrogens is 391 g/mol. The van der Waals surface area contributed by atoms with Gasteiger partial charge in [0.05, 0.1) is 9.82 Å². The van der Waals surface area contributed by atoms with Crippen LogP contribution in [0.3, 0.4) is 0 Å². The second kappa shape index (κ2) is 8.23. The minimum Gasteiger partial charge on any atom is -0.356 e. The maximum atomic E-state index is 12.9. The molecule has 0 aliphatic carbocycles. The molecule has 0 spiro atoms. The van der Waals surface area contributed by atoms with Crippen LogP contribution in [0, 0.1) is 15.9 Å². The first kappa shape index (κ1) is 18.9. The Morgan fingerprint density at radius 3 is 2.67 bits per heavy atom. The number of nitrogens with one attached hydrogen (secondary N) is 1. The fraction of sp³-hybridized carbons (Fsp3) is 0.118.